The minimum Gasteiger partial charge on any atom is -0.311 e. The molecule has 120 valence electrons. The number of hydrogen-bond acceptors (Lipinski definition) is 5. The summed E-state index contributed by atoms with van der Waals surface area (Å²) in [6.45, 7) is 7.39. The number of sulfonamides is 1. The number of hydrogen-bond donors (Lipinski definition) is 3. The SMILES string of the molecule is CCNCc1n[nH]c(C)c1S(=O)(=O)NCC1CCN(C)C1. The number of likely N-dealkylation sites (tertiary alicyclic amines) is 1. The molecule has 0 spiro atoms. The zero-order chi connectivity index (χ0) is 15.5. The maximum Gasteiger partial charge on any atom is 0.244 e. The van der Waals surface area contributed by atoms with E-state index in [9.17, 15) is 8.42 Å². The van der Waals surface area contributed by atoms with E-state index >= 15 is 0 Å². The molecule has 0 aromatic carbocycles. The second-order valence-corrected chi connectivity index (χ2v) is 7.38. The van der Waals surface area contributed by atoms with Crippen molar-refractivity contribution in [2.75, 3.05) is 33.2 Å². The average Bonchev–Trinajstić information content (AvgIpc) is 3.00. The van der Waals surface area contributed by atoms with Gasteiger partial charge in [-0.2, -0.15) is 5.10 Å². The highest BCUT2D eigenvalue weighted by molar-refractivity contribution is 7.89. The third kappa shape index (κ3) is 4.03. The number of rotatable bonds is 7. The van der Waals surface area contributed by atoms with E-state index < -0.39 is 10.0 Å². The molecule has 1 aromatic rings. The zero-order valence-electron chi connectivity index (χ0n) is 12.9. The predicted molar refractivity (Wildman–Crippen MR) is 81.5 cm³/mol. The highest BCUT2D eigenvalue weighted by Gasteiger charge is 2.26. The van der Waals surface area contributed by atoms with Gasteiger partial charge in [-0.25, -0.2) is 13.1 Å². The molecule has 1 unspecified atom stereocenters. The lowest BCUT2D eigenvalue weighted by Gasteiger charge is -2.13. The van der Waals surface area contributed by atoms with E-state index in [1.54, 1.807) is 6.92 Å². The van der Waals surface area contributed by atoms with Gasteiger partial charge in [0, 0.05) is 19.6 Å². The Kier molecular flexibility index (Phi) is 5.37. The Morgan fingerprint density at radius 3 is 2.86 bits per heavy atom. The molecule has 0 radical (unpaired) electrons. The number of nitrogens with one attached hydrogen (secondary N) is 3. The normalized spacial score (nSPS) is 20.2. The molecule has 21 heavy (non-hydrogen) atoms. The molecular weight excluding hydrogens is 290 g/mol. The molecule has 2 heterocycles. The van der Waals surface area contributed by atoms with Crippen molar-refractivity contribution in [1.29, 1.82) is 0 Å². The number of aromatic nitrogens is 2. The van der Waals surface area contributed by atoms with Crippen molar-refractivity contribution >= 4 is 10.0 Å². The number of aryl methyl sites for hydroxylation is 1. The third-order valence-corrected chi connectivity index (χ3v) is 5.45. The predicted octanol–water partition coefficient (Wildman–Crippen LogP) is 0.0576. The molecule has 3 N–H and O–H groups in total. The van der Waals surface area contributed by atoms with Gasteiger partial charge in [0.2, 0.25) is 10.0 Å². The van der Waals surface area contributed by atoms with E-state index in [1.807, 2.05) is 6.92 Å². The molecule has 1 fully saturated rings. The summed E-state index contributed by atoms with van der Waals surface area (Å²) >= 11 is 0. The Bertz CT molecular complexity index is 569. The van der Waals surface area contributed by atoms with Crippen molar-refractivity contribution in [1.82, 2.24) is 25.1 Å². The quantitative estimate of drug-likeness (QED) is 0.662. The Morgan fingerprint density at radius 2 is 2.24 bits per heavy atom. The van der Waals surface area contributed by atoms with Crippen molar-refractivity contribution in [3.05, 3.63) is 11.4 Å². The lowest BCUT2D eigenvalue weighted by molar-refractivity contribution is 0.394. The molecule has 1 atom stereocenters. The maximum absolute atomic E-state index is 12.5. The van der Waals surface area contributed by atoms with E-state index in [-0.39, 0.29) is 4.90 Å². The maximum atomic E-state index is 12.5. The minimum absolute atomic E-state index is 0.287. The molecule has 1 saturated heterocycles. The highest BCUT2D eigenvalue weighted by atomic mass is 32.2. The fourth-order valence-electron chi connectivity index (χ4n) is 2.68. The summed E-state index contributed by atoms with van der Waals surface area (Å²) in [4.78, 5) is 2.51. The number of aromatic amines is 1. The van der Waals surface area contributed by atoms with Gasteiger partial charge in [0.05, 0.1) is 11.4 Å². The topological polar surface area (TPSA) is 90.1 Å². The van der Waals surface area contributed by atoms with Crippen LogP contribution in [0.3, 0.4) is 0 Å². The van der Waals surface area contributed by atoms with Crippen LogP contribution in [0, 0.1) is 12.8 Å². The van der Waals surface area contributed by atoms with Crippen LogP contribution < -0.4 is 10.0 Å². The zero-order valence-corrected chi connectivity index (χ0v) is 13.8. The summed E-state index contributed by atoms with van der Waals surface area (Å²) in [5, 5.41) is 9.98. The van der Waals surface area contributed by atoms with E-state index in [1.165, 1.54) is 0 Å². The summed E-state index contributed by atoms with van der Waals surface area (Å²) in [6.07, 6.45) is 1.04. The smallest absolute Gasteiger partial charge is 0.244 e. The van der Waals surface area contributed by atoms with Gasteiger partial charge < -0.3 is 10.2 Å². The van der Waals surface area contributed by atoms with Crippen LogP contribution in [-0.2, 0) is 16.6 Å². The van der Waals surface area contributed by atoms with Gasteiger partial charge in [-0.1, -0.05) is 6.92 Å². The lowest BCUT2D eigenvalue weighted by Crippen LogP contribution is -2.31. The molecule has 2 rings (SSSR count). The van der Waals surface area contributed by atoms with E-state index in [0.29, 0.717) is 30.4 Å². The highest BCUT2D eigenvalue weighted by Crippen LogP contribution is 2.19. The van der Waals surface area contributed by atoms with Crippen LogP contribution in [0.5, 0.6) is 0 Å². The molecule has 0 saturated carbocycles. The minimum atomic E-state index is -3.52. The molecular formula is C13H25N5O2S. The Labute approximate surface area is 126 Å². The molecule has 7 nitrogen and oxygen atoms in total. The summed E-state index contributed by atoms with van der Waals surface area (Å²) in [6, 6.07) is 0. The number of H-pyrrole nitrogens is 1. The fourth-order valence-corrected chi connectivity index (χ4v) is 4.16. The first-order chi connectivity index (χ1) is 9.94. The van der Waals surface area contributed by atoms with Crippen LogP contribution in [0.1, 0.15) is 24.7 Å². The van der Waals surface area contributed by atoms with Crippen LogP contribution in [0.25, 0.3) is 0 Å². The largest absolute Gasteiger partial charge is 0.311 e. The standard InChI is InChI=1S/C13H25N5O2S/c1-4-14-8-12-13(10(2)16-17-12)21(19,20)15-7-11-5-6-18(3)9-11/h11,14-15H,4-9H2,1-3H3,(H,16,17). The molecule has 0 bridgehead atoms. The van der Waals surface area contributed by atoms with E-state index in [0.717, 1.165) is 26.1 Å². The Hall–Kier alpha value is -0.960. The van der Waals surface area contributed by atoms with Gasteiger partial charge in [-0.05, 0) is 39.4 Å². The Morgan fingerprint density at radius 1 is 1.48 bits per heavy atom. The van der Waals surface area contributed by atoms with Crippen LogP contribution in [0.2, 0.25) is 0 Å². The van der Waals surface area contributed by atoms with Gasteiger partial charge in [0.1, 0.15) is 4.90 Å². The van der Waals surface area contributed by atoms with E-state index in [4.69, 9.17) is 0 Å². The first-order valence-corrected chi connectivity index (χ1v) is 8.85. The second-order valence-electron chi connectivity index (χ2n) is 5.67. The van der Waals surface area contributed by atoms with Crippen molar-refractivity contribution in [3.63, 3.8) is 0 Å². The van der Waals surface area contributed by atoms with Gasteiger partial charge in [0.15, 0.2) is 0 Å². The monoisotopic (exact) mass is 315 g/mol. The van der Waals surface area contributed by atoms with Gasteiger partial charge in [0.25, 0.3) is 0 Å². The van der Waals surface area contributed by atoms with Crippen LogP contribution in [0.4, 0.5) is 0 Å². The van der Waals surface area contributed by atoms with E-state index in [2.05, 4.69) is 32.2 Å². The first kappa shape index (κ1) is 16.4. The summed E-state index contributed by atoms with van der Waals surface area (Å²) in [5.74, 6) is 0.384. The van der Waals surface area contributed by atoms with Crippen molar-refractivity contribution in [2.45, 2.75) is 31.7 Å². The van der Waals surface area contributed by atoms with Gasteiger partial charge in [-0.3, -0.25) is 5.10 Å². The summed E-state index contributed by atoms with van der Waals surface area (Å²) in [7, 11) is -1.46. The second kappa shape index (κ2) is 6.87. The third-order valence-electron chi connectivity index (χ3n) is 3.82. The molecule has 1 aromatic heterocycles. The van der Waals surface area contributed by atoms with Crippen molar-refractivity contribution in [2.24, 2.45) is 5.92 Å². The molecule has 0 amide bonds. The molecule has 1 aliphatic rings. The van der Waals surface area contributed by atoms with Gasteiger partial charge in [-0.15, -0.1) is 0 Å². The van der Waals surface area contributed by atoms with Crippen molar-refractivity contribution < 1.29 is 8.42 Å². The Balaban J connectivity index is 2.06. The first-order valence-electron chi connectivity index (χ1n) is 7.36. The molecule has 1 aliphatic heterocycles. The van der Waals surface area contributed by atoms with Crippen molar-refractivity contribution in [3.8, 4) is 0 Å². The average molecular weight is 315 g/mol. The van der Waals surface area contributed by atoms with Crippen LogP contribution in [0.15, 0.2) is 4.90 Å². The summed E-state index contributed by atoms with van der Waals surface area (Å²) in [5.41, 5.74) is 1.13. The van der Waals surface area contributed by atoms with Crippen LogP contribution >= 0.6 is 0 Å². The van der Waals surface area contributed by atoms with Crippen LogP contribution in [-0.4, -0.2) is 56.7 Å². The van der Waals surface area contributed by atoms with Gasteiger partial charge >= 0.3 is 0 Å². The fraction of sp³-hybridized carbons (Fsp3) is 0.769. The molecule has 0 aliphatic carbocycles. The lowest BCUT2D eigenvalue weighted by atomic mass is 10.1. The summed E-state index contributed by atoms with van der Waals surface area (Å²) < 4.78 is 27.8. The number of nitrogens with zero attached hydrogens (tertiary/aromatic N) is 2. The molecule has 8 heteroatoms.